The van der Waals surface area contributed by atoms with Crippen LogP contribution in [-0.2, 0) is 16.6 Å². The van der Waals surface area contributed by atoms with Crippen LogP contribution in [0.3, 0.4) is 0 Å². The molecule has 1 N–H and O–H groups in total. The number of aromatic nitrogens is 2. The van der Waals surface area contributed by atoms with Crippen LogP contribution in [-0.4, -0.2) is 21.3 Å². The van der Waals surface area contributed by atoms with Crippen LogP contribution in [0, 0.1) is 11.8 Å². The van der Waals surface area contributed by atoms with Gasteiger partial charge < -0.3 is 19.0 Å². The third-order valence-corrected chi connectivity index (χ3v) is 13.2. The topological polar surface area (TPSA) is 39.2 Å². The first-order valence-electron chi connectivity index (χ1n) is 19.9. The second-order valence-corrected chi connectivity index (χ2v) is 16.4. The van der Waals surface area contributed by atoms with E-state index in [9.17, 15) is 0 Å². The molecule has 0 saturated carbocycles. The SMILES string of the molecule is CC1C=CC2C(C1)OC1(C)CCCC=C1C21c2ccc(-c3ccc[nH]3)cc2Oc2ccc(-c3ccc4c5c(n(C6=CCCC=C6)c4c3)CCC=C5)cc21. The molecule has 0 radical (unpaired) electrons. The maximum Gasteiger partial charge on any atom is 0.132 e. The zero-order valence-corrected chi connectivity index (χ0v) is 30.7. The lowest BCUT2D eigenvalue weighted by Gasteiger charge is -2.60. The van der Waals surface area contributed by atoms with Gasteiger partial charge in [-0.15, -0.1) is 0 Å². The molecule has 5 aromatic rings. The summed E-state index contributed by atoms with van der Waals surface area (Å²) in [6.07, 6.45) is 29.9. The zero-order valence-electron chi connectivity index (χ0n) is 30.7. The Morgan fingerprint density at radius 1 is 0.811 bits per heavy atom. The summed E-state index contributed by atoms with van der Waals surface area (Å²) in [5.41, 5.74) is 13.3. The molecule has 4 heterocycles. The average molecular weight is 695 g/mol. The second kappa shape index (κ2) is 11.7. The summed E-state index contributed by atoms with van der Waals surface area (Å²) in [6, 6.07) is 25.3. The molecule has 1 fully saturated rings. The van der Waals surface area contributed by atoms with E-state index in [1.54, 1.807) is 0 Å². The highest BCUT2D eigenvalue weighted by atomic mass is 16.5. The van der Waals surface area contributed by atoms with Crippen molar-refractivity contribution >= 4 is 22.7 Å². The van der Waals surface area contributed by atoms with Crippen molar-refractivity contribution in [3.05, 3.63) is 143 Å². The molecule has 5 atom stereocenters. The quantitative estimate of drug-likeness (QED) is 0.191. The third-order valence-electron chi connectivity index (χ3n) is 13.2. The number of rotatable bonds is 3. The standard InChI is InChI=1S/C49H46N2O2/c1-31-17-22-39-46(27-31)53-48(2)25-9-8-16-47(48)49(39)38-23-19-34(41-14-10-26-50-41)30-45(38)52-44-24-20-32(28-40(44)49)33-18-21-37-36-13-6-7-15-42(36)51(43(37)29-33)35-11-4-3-5-12-35/h4,6,10-14,16-24,26,28-31,39,46,50H,3,5,7-9,15,25,27H2,1-2H3. The molecule has 0 bridgehead atoms. The first kappa shape index (κ1) is 31.5. The molecule has 3 aromatic carbocycles. The molecule has 4 nitrogen and oxygen atoms in total. The summed E-state index contributed by atoms with van der Waals surface area (Å²) in [4.78, 5) is 3.42. The molecule has 4 heteroatoms. The van der Waals surface area contributed by atoms with Crippen molar-refractivity contribution in [1.29, 1.82) is 0 Å². The van der Waals surface area contributed by atoms with E-state index in [0.29, 0.717) is 5.92 Å². The molecule has 0 amide bonds. The molecule has 2 aromatic heterocycles. The van der Waals surface area contributed by atoms with E-state index >= 15 is 0 Å². The van der Waals surface area contributed by atoms with Gasteiger partial charge in [-0.25, -0.2) is 0 Å². The molecule has 1 spiro atoms. The van der Waals surface area contributed by atoms with Crippen LogP contribution < -0.4 is 4.74 Å². The molecule has 264 valence electrons. The number of ether oxygens (including phenoxy) is 2. The molecular formula is C49H46N2O2. The fourth-order valence-corrected chi connectivity index (χ4v) is 10.9. The van der Waals surface area contributed by atoms with Crippen molar-refractivity contribution in [1.82, 2.24) is 9.55 Å². The molecule has 6 aliphatic rings. The molecule has 53 heavy (non-hydrogen) atoms. The van der Waals surface area contributed by atoms with E-state index in [0.717, 1.165) is 74.1 Å². The second-order valence-electron chi connectivity index (χ2n) is 16.4. The van der Waals surface area contributed by atoms with E-state index in [4.69, 9.17) is 9.47 Å². The number of allylic oxidation sites excluding steroid dienone is 7. The van der Waals surface area contributed by atoms with Gasteiger partial charge in [0.15, 0.2) is 0 Å². The molecule has 11 rings (SSSR count). The number of nitrogens with zero attached hydrogens (tertiary/aromatic N) is 1. The van der Waals surface area contributed by atoms with Gasteiger partial charge in [0.1, 0.15) is 11.5 Å². The predicted octanol–water partition coefficient (Wildman–Crippen LogP) is 12.3. The Labute approximate surface area is 312 Å². The summed E-state index contributed by atoms with van der Waals surface area (Å²) in [5, 5.41) is 1.33. The lowest BCUT2D eigenvalue weighted by molar-refractivity contribution is -0.135. The van der Waals surface area contributed by atoms with Crippen LogP contribution in [0.4, 0.5) is 0 Å². The van der Waals surface area contributed by atoms with Crippen LogP contribution in [0.25, 0.3) is 45.1 Å². The fourth-order valence-electron chi connectivity index (χ4n) is 10.9. The van der Waals surface area contributed by atoms with Crippen molar-refractivity contribution in [3.63, 3.8) is 0 Å². The predicted molar refractivity (Wildman–Crippen MR) is 216 cm³/mol. The van der Waals surface area contributed by atoms with Crippen molar-refractivity contribution in [3.8, 4) is 33.9 Å². The smallest absolute Gasteiger partial charge is 0.132 e. The zero-order chi connectivity index (χ0) is 35.3. The number of hydrogen-bond donors (Lipinski definition) is 1. The molecule has 1 saturated heterocycles. The number of fused-ring (bicyclic) bond motifs is 11. The minimum absolute atomic E-state index is 0.108. The highest BCUT2D eigenvalue weighted by Crippen LogP contribution is 2.65. The lowest BCUT2D eigenvalue weighted by atomic mass is 9.51. The number of hydrogen-bond acceptors (Lipinski definition) is 2. The van der Waals surface area contributed by atoms with Crippen LogP contribution in [0.5, 0.6) is 11.5 Å². The van der Waals surface area contributed by atoms with E-state index in [-0.39, 0.29) is 17.6 Å². The molecule has 4 aliphatic carbocycles. The van der Waals surface area contributed by atoms with Crippen LogP contribution >= 0.6 is 0 Å². The Morgan fingerprint density at radius 3 is 2.58 bits per heavy atom. The number of benzene rings is 3. The van der Waals surface area contributed by atoms with Gasteiger partial charge in [0, 0.05) is 56.8 Å². The van der Waals surface area contributed by atoms with Crippen molar-refractivity contribution in [2.75, 3.05) is 0 Å². The minimum atomic E-state index is -0.423. The Balaban J connectivity index is 1.15. The maximum atomic E-state index is 7.28. The molecule has 2 aliphatic heterocycles. The highest BCUT2D eigenvalue weighted by Gasteiger charge is 2.61. The number of H-pyrrole nitrogens is 1. The maximum absolute atomic E-state index is 7.28. The third kappa shape index (κ3) is 4.58. The number of nitrogens with one attached hydrogen (secondary N) is 1. The Hall–Kier alpha value is -5.06. The summed E-state index contributed by atoms with van der Waals surface area (Å²) in [6.45, 7) is 4.71. The van der Waals surface area contributed by atoms with Crippen LogP contribution in [0.15, 0.2) is 121 Å². The Bertz CT molecular complexity index is 2470. The van der Waals surface area contributed by atoms with Crippen molar-refractivity contribution in [2.24, 2.45) is 11.8 Å². The van der Waals surface area contributed by atoms with Gasteiger partial charge in [-0.05, 0) is 123 Å². The highest BCUT2D eigenvalue weighted by molar-refractivity contribution is 5.97. The monoisotopic (exact) mass is 694 g/mol. The van der Waals surface area contributed by atoms with E-state index in [1.165, 1.54) is 55.7 Å². The van der Waals surface area contributed by atoms with E-state index in [1.807, 2.05) is 6.20 Å². The van der Waals surface area contributed by atoms with Gasteiger partial charge in [0.05, 0.1) is 22.6 Å². The Kier molecular flexibility index (Phi) is 6.96. The molecule has 5 unspecified atom stereocenters. The van der Waals surface area contributed by atoms with Gasteiger partial charge in [-0.1, -0.05) is 79.8 Å². The first-order valence-corrected chi connectivity index (χ1v) is 19.9. The summed E-state index contributed by atoms with van der Waals surface area (Å²) >= 11 is 0. The van der Waals surface area contributed by atoms with Crippen LogP contribution in [0.2, 0.25) is 0 Å². The van der Waals surface area contributed by atoms with Gasteiger partial charge in [0.2, 0.25) is 0 Å². The van der Waals surface area contributed by atoms with Gasteiger partial charge in [0.25, 0.3) is 0 Å². The lowest BCUT2D eigenvalue weighted by Crippen LogP contribution is -2.60. The van der Waals surface area contributed by atoms with E-state index < -0.39 is 5.41 Å². The van der Waals surface area contributed by atoms with Gasteiger partial charge in [-0.2, -0.15) is 0 Å². The van der Waals surface area contributed by atoms with Crippen molar-refractivity contribution in [2.45, 2.75) is 82.3 Å². The van der Waals surface area contributed by atoms with Gasteiger partial charge >= 0.3 is 0 Å². The molecular weight excluding hydrogens is 649 g/mol. The first-order chi connectivity index (χ1) is 26.0. The summed E-state index contributed by atoms with van der Waals surface area (Å²) in [5.74, 6) is 2.52. The minimum Gasteiger partial charge on any atom is -0.457 e. The Morgan fingerprint density at radius 2 is 1.70 bits per heavy atom. The number of aromatic amines is 1. The van der Waals surface area contributed by atoms with Crippen molar-refractivity contribution < 1.29 is 9.47 Å². The summed E-state index contributed by atoms with van der Waals surface area (Å²) < 4.78 is 16.9. The fraction of sp³-hybridized carbons (Fsp3) is 0.306. The summed E-state index contributed by atoms with van der Waals surface area (Å²) in [7, 11) is 0. The van der Waals surface area contributed by atoms with Crippen LogP contribution in [0.1, 0.15) is 81.2 Å². The van der Waals surface area contributed by atoms with E-state index in [2.05, 4.69) is 139 Å². The largest absolute Gasteiger partial charge is 0.457 e. The van der Waals surface area contributed by atoms with Gasteiger partial charge in [-0.3, -0.25) is 0 Å². The normalized spacial score (nSPS) is 28.0. The average Bonchev–Trinajstić information content (AvgIpc) is 3.84.